The van der Waals surface area contributed by atoms with Crippen molar-refractivity contribution >= 4 is 5.91 Å². The molecule has 1 aliphatic heterocycles. The minimum Gasteiger partial charge on any atom is -0.342 e. The molecule has 1 aliphatic carbocycles. The molecule has 0 radical (unpaired) electrons. The van der Waals surface area contributed by atoms with Gasteiger partial charge in [0.15, 0.2) is 0 Å². The van der Waals surface area contributed by atoms with E-state index in [4.69, 9.17) is 5.73 Å². The zero-order valence-electron chi connectivity index (χ0n) is 12.9. The summed E-state index contributed by atoms with van der Waals surface area (Å²) in [6.45, 7) is 10.9. The fourth-order valence-corrected chi connectivity index (χ4v) is 3.73. The van der Waals surface area contributed by atoms with E-state index in [-0.39, 0.29) is 12.0 Å². The number of likely N-dealkylation sites (tertiary alicyclic amines) is 1. The number of carbonyl (C=O) groups is 1. The number of carbonyl (C=O) groups excluding carboxylic acids is 1. The van der Waals surface area contributed by atoms with Crippen LogP contribution >= 0.6 is 0 Å². The van der Waals surface area contributed by atoms with Gasteiger partial charge in [0.05, 0.1) is 0 Å². The Hall–Kier alpha value is -0.570. The molecule has 0 spiro atoms. The van der Waals surface area contributed by atoms with Crippen LogP contribution in [0.1, 0.15) is 47.0 Å². The smallest absolute Gasteiger partial charge is 0.226 e. The second kappa shape index (κ2) is 5.82. The number of nitrogens with two attached hydrogens (primary N) is 1. The van der Waals surface area contributed by atoms with E-state index in [1.807, 2.05) is 0 Å². The summed E-state index contributed by atoms with van der Waals surface area (Å²) in [5.74, 6) is 2.94. The van der Waals surface area contributed by atoms with E-state index < -0.39 is 0 Å². The van der Waals surface area contributed by atoms with Gasteiger partial charge in [0.25, 0.3) is 0 Å². The Morgan fingerprint density at radius 2 is 1.68 bits per heavy atom. The first-order valence-electron chi connectivity index (χ1n) is 7.94. The Balaban J connectivity index is 1.99. The lowest BCUT2D eigenvalue weighted by Crippen LogP contribution is -2.50. The van der Waals surface area contributed by atoms with Crippen molar-refractivity contribution < 1.29 is 4.79 Å². The summed E-state index contributed by atoms with van der Waals surface area (Å²) in [6, 6.07) is 0.200. The molecule has 6 atom stereocenters. The van der Waals surface area contributed by atoms with Crippen molar-refractivity contribution in [3.05, 3.63) is 0 Å². The predicted octanol–water partition coefficient (Wildman–Crippen LogP) is 2.50. The molecule has 2 aliphatic rings. The summed E-state index contributed by atoms with van der Waals surface area (Å²) >= 11 is 0. The average Bonchev–Trinajstić information content (AvgIpc) is 2.36. The third kappa shape index (κ3) is 3.13. The highest BCUT2D eigenvalue weighted by Gasteiger charge is 2.38. The zero-order valence-corrected chi connectivity index (χ0v) is 12.9. The van der Waals surface area contributed by atoms with E-state index in [0.717, 1.165) is 38.3 Å². The Bertz CT molecular complexity index is 331. The van der Waals surface area contributed by atoms with Gasteiger partial charge in [0.1, 0.15) is 0 Å². The second-order valence-corrected chi connectivity index (χ2v) is 7.22. The van der Waals surface area contributed by atoms with Crippen LogP contribution in [0.25, 0.3) is 0 Å². The monoisotopic (exact) mass is 266 g/mol. The van der Waals surface area contributed by atoms with Gasteiger partial charge in [-0.25, -0.2) is 0 Å². The van der Waals surface area contributed by atoms with Crippen molar-refractivity contribution in [2.75, 3.05) is 13.1 Å². The summed E-state index contributed by atoms with van der Waals surface area (Å²) < 4.78 is 0. The van der Waals surface area contributed by atoms with Crippen LogP contribution in [0, 0.1) is 29.6 Å². The SMILES string of the molecule is CC1CCN(C(=O)C2CC(N)C(C)CC2C)CC1C. The predicted molar refractivity (Wildman–Crippen MR) is 78.6 cm³/mol. The molecule has 1 saturated carbocycles. The van der Waals surface area contributed by atoms with Crippen LogP contribution in [0.5, 0.6) is 0 Å². The minimum atomic E-state index is 0.159. The van der Waals surface area contributed by atoms with Gasteiger partial charge >= 0.3 is 0 Å². The van der Waals surface area contributed by atoms with E-state index in [2.05, 4.69) is 32.6 Å². The van der Waals surface area contributed by atoms with Crippen molar-refractivity contribution in [1.82, 2.24) is 4.90 Å². The molecular weight excluding hydrogens is 236 g/mol. The number of hydrogen-bond donors (Lipinski definition) is 1. The number of amides is 1. The fourth-order valence-electron chi connectivity index (χ4n) is 3.73. The van der Waals surface area contributed by atoms with E-state index in [0.29, 0.717) is 23.7 Å². The summed E-state index contributed by atoms with van der Waals surface area (Å²) in [5, 5.41) is 0. The number of hydrogen-bond acceptors (Lipinski definition) is 2. The van der Waals surface area contributed by atoms with Crippen LogP contribution in [0.2, 0.25) is 0 Å². The van der Waals surface area contributed by atoms with Gasteiger partial charge in [-0.3, -0.25) is 4.79 Å². The second-order valence-electron chi connectivity index (χ2n) is 7.22. The maximum atomic E-state index is 12.7. The summed E-state index contributed by atoms with van der Waals surface area (Å²) in [7, 11) is 0. The van der Waals surface area contributed by atoms with Crippen molar-refractivity contribution in [3.8, 4) is 0 Å². The molecule has 2 fully saturated rings. The van der Waals surface area contributed by atoms with Gasteiger partial charge in [0, 0.05) is 25.0 Å². The molecule has 0 aromatic carbocycles. The first kappa shape index (κ1) is 14.8. The lowest BCUT2D eigenvalue weighted by atomic mass is 9.72. The van der Waals surface area contributed by atoms with Crippen LogP contribution in [0.3, 0.4) is 0 Å². The molecule has 2 rings (SSSR count). The van der Waals surface area contributed by atoms with Crippen LogP contribution in [-0.4, -0.2) is 29.9 Å². The molecule has 1 saturated heterocycles. The van der Waals surface area contributed by atoms with Crippen molar-refractivity contribution in [1.29, 1.82) is 0 Å². The fraction of sp³-hybridized carbons (Fsp3) is 0.938. The molecule has 1 amide bonds. The lowest BCUT2D eigenvalue weighted by molar-refractivity contribution is -0.141. The quantitative estimate of drug-likeness (QED) is 0.792. The molecule has 0 aromatic rings. The Morgan fingerprint density at radius 1 is 1.00 bits per heavy atom. The van der Waals surface area contributed by atoms with Crippen molar-refractivity contribution in [3.63, 3.8) is 0 Å². The van der Waals surface area contributed by atoms with Crippen LogP contribution in [0.15, 0.2) is 0 Å². The first-order valence-corrected chi connectivity index (χ1v) is 7.94. The maximum Gasteiger partial charge on any atom is 0.226 e. The summed E-state index contributed by atoms with van der Waals surface area (Å²) in [6.07, 6.45) is 3.12. The van der Waals surface area contributed by atoms with Gasteiger partial charge in [-0.15, -0.1) is 0 Å². The van der Waals surface area contributed by atoms with Crippen molar-refractivity contribution in [2.24, 2.45) is 35.3 Å². The van der Waals surface area contributed by atoms with Gasteiger partial charge in [0.2, 0.25) is 5.91 Å². The topological polar surface area (TPSA) is 46.3 Å². The van der Waals surface area contributed by atoms with Crippen LogP contribution < -0.4 is 5.73 Å². The molecule has 6 unspecified atom stereocenters. The highest BCUT2D eigenvalue weighted by molar-refractivity contribution is 5.79. The third-order valence-corrected chi connectivity index (χ3v) is 5.65. The van der Waals surface area contributed by atoms with Crippen LogP contribution in [-0.2, 0) is 4.79 Å². The average molecular weight is 266 g/mol. The van der Waals surface area contributed by atoms with E-state index in [1.165, 1.54) is 0 Å². The van der Waals surface area contributed by atoms with Crippen LogP contribution in [0.4, 0.5) is 0 Å². The van der Waals surface area contributed by atoms with Gasteiger partial charge < -0.3 is 10.6 Å². The van der Waals surface area contributed by atoms with E-state index >= 15 is 0 Å². The summed E-state index contributed by atoms with van der Waals surface area (Å²) in [5.41, 5.74) is 6.18. The number of rotatable bonds is 1. The number of nitrogens with zero attached hydrogens (tertiary/aromatic N) is 1. The zero-order chi connectivity index (χ0) is 14.2. The van der Waals surface area contributed by atoms with Gasteiger partial charge in [-0.2, -0.15) is 0 Å². The standard InChI is InChI=1S/C16H30N2O/c1-10-5-6-18(9-13(10)4)16(19)14-8-15(17)12(3)7-11(14)2/h10-15H,5-9,17H2,1-4H3. The molecule has 0 aromatic heterocycles. The molecule has 3 heteroatoms. The normalized spacial score (nSPS) is 44.2. The Morgan fingerprint density at radius 3 is 2.32 bits per heavy atom. The third-order valence-electron chi connectivity index (χ3n) is 5.65. The molecule has 19 heavy (non-hydrogen) atoms. The van der Waals surface area contributed by atoms with Gasteiger partial charge in [-0.05, 0) is 42.9 Å². The van der Waals surface area contributed by atoms with Gasteiger partial charge in [-0.1, -0.05) is 27.7 Å². The highest BCUT2D eigenvalue weighted by Crippen LogP contribution is 2.35. The minimum absolute atomic E-state index is 0.159. The molecule has 1 heterocycles. The molecule has 0 bridgehead atoms. The van der Waals surface area contributed by atoms with E-state index in [9.17, 15) is 4.79 Å². The Labute approximate surface area is 117 Å². The highest BCUT2D eigenvalue weighted by atomic mass is 16.2. The molecule has 2 N–H and O–H groups in total. The van der Waals surface area contributed by atoms with Crippen molar-refractivity contribution in [2.45, 2.75) is 53.0 Å². The van der Waals surface area contributed by atoms with E-state index in [1.54, 1.807) is 0 Å². The Kier molecular flexibility index (Phi) is 4.54. The largest absolute Gasteiger partial charge is 0.342 e. The molecule has 3 nitrogen and oxygen atoms in total. The molecule has 110 valence electrons. The lowest BCUT2D eigenvalue weighted by Gasteiger charge is -2.41. The maximum absolute atomic E-state index is 12.7. The first-order chi connectivity index (χ1) is 8.90. The number of piperidine rings is 1. The molecular formula is C16H30N2O. The summed E-state index contributed by atoms with van der Waals surface area (Å²) in [4.78, 5) is 14.8.